The Hall–Kier alpha value is -2.11. The predicted molar refractivity (Wildman–Crippen MR) is 76.7 cm³/mol. The highest BCUT2D eigenvalue weighted by atomic mass is 79.9. The molecular formula is C12H8BrN3O3S. The standard InChI is InChI=1S/C12H8BrN3O3S/c13-9-1-2-10(8(5-9)6-14)16-20(18,19)12-7-15-4-3-11(12)17/h1-5,7,16H,(H,15,17). The van der Waals surface area contributed by atoms with Crippen LogP contribution in [0.2, 0.25) is 0 Å². The molecule has 1 heterocycles. The van der Waals surface area contributed by atoms with Gasteiger partial charge in [0.25, 0.3) is 10.0 Å². The van der Waals surface area contributed by atoms with E-state index >= 15 is 0 Å². The van der Waals surface area contributed by atoms with E-state index in [9.17, 15) is 13.2 Å². The number of rotatable bonds is 3. The highest BCUT2D eigenvalue weighted by Gasteiger charge is 2.19. The number of nitriles is 1. The quantitative estimate of drug-likeness (QED) is 0.877. The van der Waals surface area contributed by atoms with Crippen molar-refractivity contribution >= 4 is 31.6 Å². The number of halogens is 1. The molecule has 0 saturated carbocycles. The van der Waals surface area contributed by atoms with Crippen molar-refractivity contribution in [1.82, 2.24) is 4.98 Å². The molecule has 2 rings (SSSR count). The van der Waals surface area contributed by atoms with Crippen LogP contribution < -0.4 is 10.2 Å². The number of nitrogens with zero attached hydrogens (tertiary/aromatic N) is 1. The monoisotopic (exact) mass is 353 g/mol. The van der Waals surface area contributed by atoms with E-state index in [0.717, 1.165) is 12.3 Å². The maximum absolute atomic E-state index is 12.1. The van der Waals surface area contributed by atoms with Gasteiger partial charge in [-0.25, -0.2) is 8.42 Å². The lowest BCUT2D eigenvalue weighted by Gasteiger charge is -2.09. The fraction of sp³-hybridized carbons (Fsp3) is 0. The van der Waals surface area contributed by atoms with Crippen molar-refractivity contribution < 1.29 is 8.42 Å². The number of sulfonamides is 1. The Labute approximate surface area is 123 Å². The number of benzene rings is 1. The van der Waals surface area contributed by atoms with Crippen LogP contribution in [0.15, 0.2) is 50.8 Å². The molecule has 0 unspecified atom stereocenters. The van der Waals surface area contributed by atoms with Crippen LogP contribution in [-0.2, 0) is 10.0 Å². The Morgan fingerprint density at radius 1 is 1.30 bits per heavy atom. The summed E-state index contributed by atoms with van der Waals surface area (Å²) < 4.78 is 27.1. The summed E-state index contributed by atoms with van der Waals surface area (Å²) in [5, 5.41) is 8.99. The maximum atomic E-state index is 12.1. The van der Waals surface area contributed by atoms with Gasteiger partial charge in [-0.1, -0.05) is 15.9 Å². The van der Waals surface area contributed by atoms with Gasteiger partial charge in [-0.2, -0.15) is 5.26 Å². The Kier molecular flexibility index (Phi) is 3.92. The fourth-order valence-corrected chi connectivity index (χ4v) is 3.00. The summed E-state index contributed by atoms with van der Waals surface area (Å²) in [5.74, 6) is 0. The van der Waals surface area contributed by atoms with Gasteiger partial charge in [-0.3, -0.25) is 9.52 Å². The first-order valence-corrected chi connectivity index (χ1v) is 7.61. The van der Waals surface area contributed by atoms with Gasteiger partial charge in [-0.05, 0) is 18.2 Å². The topological polar surface area (TPSA) is 103 Å². The van der Waals surface area contributed by atoms with Gasteiger partial charge in [-0.15, -0.1) is 0 Å². The Morgan fingerprint density at radius 2 is 2.05 bits per heavy atom. The number of anilines is 1. The van der Waals surface area contributed by atoms with Crippen molar-refractivity contribution in [2.75, 3.05) is 4.72 Å². The van der Waals surface area contributed by atoms with Crippen LogP contribution >= 0.6 is 15.9 Å². The van der Waals surface area contributed by atoms with E-state index in [0.29, 0.717) is 4.47 Å². The summed E-state index contributed by atoms with van der Waals surface area (Å²) in [4.78, 5) is 13.7. The first kappa shape index (κ1) is 14.3. The van der Waals surface area contributed by atoms with Crippen LogP contribution in [0, 0.1) is 11.3 Å². The maximum Gasteiger partial charge on any atom is 0.267 e. The van der Waals surface area contributed by atoms with E-state index < -0.39 is 20.3 Å². The molecule has 0 radical (unpaired) electrons. The molecule has 1 aromatic carbocycles. The van der Waals surface area contributed by atoms with Gasteiger partial charge in [0.15, 0.2) is 4.90 Å². The van der Waals surface area contributed by atoms with Crippen molar-refractivity contribution in [3.63, 3.8) is 0 Å². The first-order valence-electron chi connectivity index (χ1n) is 5.33. The predicted octanol–water partition coefficient (Wildman–Crippen LogP) is 1.81. The van der Waals surface area contributed by atoms with Crippen LogP contribution in [0.1, 0.15) is 5.56 Å². The number of nitrogens with one attached hydrogen (secondary N) is 2. The van der Waals surface area contributed by atoms with Crippen LogP contribution in [0.4, 0.5) is 5.69 Å². The normalized spacial score (nSPS) is 10.8. The molecule has 0 amide bonds. The third kappa shape index (κ3) is 2.89. The van der Waals surface area contributed by atoms with Crippen molar-refractivity contribution in [3.8, 4) is 6.07 Å². The second-order valence-corrected chi connectivity index (χ2v) is 6.35. The van der Waals surface area contributed by atoms with Crippen molar-refractivity contribution in [2.45, 2.75) is 4.90 Å². The van der Waals surface area contributed by atoms with Crippen molar-refractivity contribution in [3.05, 3.63) is 56.9 Å². The van der Waals surface area contributed by atoms with Crippen LogP contribution in [-0.4, -0.2) is 13.4 Å². The zero-order valence-electron chi connectivity index (χ0n) is 9.92. The molecule has 0 spiro atoms. The highest BCUT2D eigenvalue weighted by molar-refractivity contribution is 9.10. The average Bonchev–Trinajstić information content (AvgIpc) is 2.41. The van der Waals surface area contributed by atoms with Gasteiger partial charge in [0.2, 0.25) is 5.43 Å². The molecule has 0 atom stereocenters. The molecule has 0 aliphatic heterocycles. The van der Waals surface area contributed by atoms with Crippen LogP contribution in [0.3, 0.4) is 0 Å². The number of aromatic amines is 1. The summed E-state index contributed by atoms with van der Waals surface area (Å²) in [7, 11) is -4.05. The minimum absolute atomic E-state index is 0.110. The molecule has 0 aliphatic rings. The lowest BCUT2D eigenvalue weighted by atomic mass is 10.2. The number of aromatic nitrogens is 1. The molecule has 1 aromatic heterocycles. The largest absolute Gasteiger partial charge is 0.366 e. The van der Waals surface area contributed by atoms with Gasteiger partial charge in [0.05, 0.1) is 11.3 Å². The van der Waals surface area contributed by atoms with Crippen LogP contribution in [0.25, 0.3) is 0 Å². The zero-order chi connectivity index (χ0) is 14.8. The fourth-order valence-electron chi connectivity index (χ4n) is 1.51. The molecule has 8 heteroatoms. The smallest absolute Gasteiger partial charge is 0.267 e. The number of hydrogen-bond donors (Lipinski definition) is 2. The highest BCUT2D eigenvalue weighted by Crippen LogP contribution is 2.22. The van der Waals surface area contributed by atoms with Gasteiger partial charge in [0, 0.05) is 22.9 Å². The van der Waals surface area contributed by atoms with Crippen molar-refractivity contribution in [1.29, 1.82) is 5.26 Å². The molecule has 2 N–H and O–H groups in total. The lowest BCUT2D eigenvalue weighted by molar-refractivity contribution is 0.600. The summed E-state index contributed by atoms with van der Waals surface area (Å²) in [5.41, 5.74) is -0.374. The molecular weight excluding hydrogens is 346 g/mol. The van der Waals surface area contributed by atoms with Gasteiger partial charge >= 0.3 is 0 Å². The molecule has 0 aliphatic carbocycles. The molecule has 102 valence electrons. The number of hydrogen-bond acceptors (Lipinski definition) is 4. The summed E-state index contributed by atoms with van der Waals surface area (Å²) in [6.45, 7) is 0. The Morgan fingerprint density at radius 3 is 2.70 bits per heavy atom. The molecule has 0 fully saturated rings. The van der Waals surface area contributed by atoms with E-state index in [1.54, 1.807) is 6.07 Å². The lowest BCUT2D eigenvalue weighted by Crippen LogP contribution is -2.21. The van der Waals surface area contributed by atoms with Gasteiger partial charge < -0.3 is 4.98 Å². The zero-order valence-corrected chi connectivity index (χ0v) is 12.3. The molecule has 0 bridgehead atoms. The summed E-state index contributed by atoms with van der Waals surface area (Å²) >= 11 is 3.19. The third-order valence-corrected chi connectivity index (χ3v) is 4.30. The number of H-pyrrole nitrogens is 1. The van der Waals surface area contributed by atoms with E-state index in [1.807, 2.05) is 6.07 Å². The molecule has 20 heavy (non-hydrogen) atoms. The average molecular weight is 354 g/mol. The molecule has 6 nitrogen and oxygen atoms in total. The van der Waals surface area contributed by atoms with E-state index in [2.05, 4.69) is 25.6 Å². The molecule has 0 saturated heterocycles. The number of pyridine rings is 1. The summed E-state index contributed by atoms with van der Waals surface area (Å²) in [6, 6.07) is 7.51. The molecule has 2 aromatic rings. The van der Waals surface area contributed by atoms with E-state index in [1.165, 1.54) is 18.3 Å². The SMILES string of the molecule is N#Cc1cc(Br)ccc1NS(=O)(=O)c1c[nH]ccc1=O. The second-order valence-electron chi connectivity index (χ2n) is 3.78. The Balaban J connectivity index is 2.48. The Bertz CT molecular complexity index is 853. The second kappa shape index (κ2) is 5.48. The first-order chi connectivity index (χ1) is 9.44. The van der Waals surface area contributed by atoms with Crippen LogP contribution in [0.5, 0.6) is 0 Å². The van der Waals surface area contributed by atoms with E-state index in [4.69, 9.17) is 5.26 Å². The minimum atomic E-state index is -4.05. The summed E-state index contributed by atoms with van der Waals surface area (Å²) in [6.07, 6.45) is 2.43. The van der Waals surface area contributed by atoms with Gasteiger partial charge in [0.1, 0.15) is 6.07 Å². The minimum Gasteiger partial charge on any atom is -0.366 e. The van der Waals surface area contributed by atoms with Crippen molar-refractivity contribution in [2.24, 2.45) is 0 Å². The third-order valence-electron chi connectivity index (χ3n) is 2.42. The van der Waals surface area contributed by atoms with E-state index in [-0.39, 0.29) is 11.3 Å².